The monoisotopic (exact) mass is 199 g/mol. The Morgan fingerprint density at radius 1 is 1.21 bits per heavy atom. The Labute approximate surface area is 79.7 Å². The first kappa shape index (κ1) is 10.6. The number of rotatable bonds is 0. The molecule has 0 spiro atoms. The lowest BCUT2D eigenvalue weighted by molar-refractivity contribution is 0.446. The maximum atomic E-state index is 13.0. The fourth-order valence-corrected chi connectivity index (χ4v) is 0.814. The van der Waals surface area contributed by atoms with E-state index < -0.39 is 23.5 Å². The molecule has 2 N–H and O–H groups in total. The molecule has 14 heavy (non-hydrogen) atoms. The van der Waals surface area contributed by atoms with E-state index in [9.17, 15) is 13.2 Å². The molecule has 74 valence electrons. The molecule has 0 amide bonds. The molecule has 1 atom stereocenters. The van der Waals surface area contributed by atoms with Gasteiger partial charge in [-0.15, -0.1) is 0 Å². The number of benzene rings is 1. The van der Waals surface area contributed by atoms with E-state index in [1.54, 1.807) is 6.92 Å². The normalized spacial score (nSPS) is 11.8. The highest BCUT2D eigenvalue weighted by Crippen LogP contribution is 2.13. The predicted molar refractivity (Wildman–Crippen MR) is 46.8 cm³/mol. The quantitative estimate of drug-likeness (QED) is 0.500. The van der Waals surface area contributed by atoms with Crippen LogP contribution in [0.25, 0.3) is 0 Å². The van der Waals surface area contributed by atoms with Gasteiger partial charge in [-0.1, -0.05) is 11.8 Å². The van der Waals surface area contributed by atoms with Crippen molar-refractivity contribution in [3.8, 4) is 11.8 Å². The zero-order valence-electron chi connectivity index (χ0n) is 7.44. The van der Waals surface area contributed by atoms with E-state index in [1.165, 1.54) is 0 Å². The smallest absolute Gasteiger partial charge is 0.195 e. The van der Waals surface area contributed by atoms with Crippen molar-refractivity contribution in [1.82, 2.24) is 0 Å². The van der Waals surface area contributed by atoms with Gasteiger partial charge in [-0.2, -0.15) is 0 Å². The van der Waals surface area contributed by atoms with Crippen molar-refractivity contribution in [3.63, 3.8) is 0 Å². The summed E-state index contributed by atoms with van der Waals surface area (Å²) in [5, 5.41) is 0. The Morgan fingerprint density at radius 3 is 2.43 bits per heavy atom. The maximum absolute atomic E-state index is 13.0. The Bertz CT molecular complexity index is 402. The molecule has 0 aromatic heterocycles. The molecule has 0 saturated heterocycles. The van der Waals surface area contributed by atoms with Crippen LogP contribution in [0.4, 0.5) is 13.2 Å². The highest BCUT2D eigenvalue weighted by Gasteiger charge is 2.11. The van der Waals surface area contributed by atoms with E-state index in [1.807, 2.05) is 0 Å². The summed E-state index contributed by atoms with van der Waals surface area (Å²) >= 11 is 0. The number of hydrogen-bond acceptors (Lipinski definition) is 1. The minimum Gasteiger partial charge on any atom is -0.318 e. The van der Waals surface area contributed by atoms with Crippen molar-refractivity contribution < 1.29 is 13.2 Å². The van der Waals surface area contributed by atoms with Gasteiger partial charge in [0.15, 0.2) is 17.5 Å². The summed E-state index contributed by atoms with van der Waals surface area (Å²) in [6.45, 7) is 1.60. The van der Waals surface area contributed by atoms with Gasteiger partial charge in [0.1, 0.15) is 0 Å². The molecule has 1 nitrogen and oxygen atoms in total. The van der Waals surface area contributed by atoms with Gasteiger partial charge in [-0.3, -0.25) is 0 Å². The topological polar surface area (TPSA) is 26.0 Å². The lowest BCUT2D eigenvalue weighted by Crippen LogP contribution is -2.11. The molecule has 0 heterocycles. The van der Waals surface area contributed by atoms with E-state index in [0.29, 0.717) is 0 Å². The zero-order chi connectivity index (χ0) is 10.7. The molecule has 1 aromatic rings. The Kier molecular flexibility index (Phi) is 3.15. The molecule has 1 unspecified atom stereocenters. The second kappa shape index (κ2) is 4.16. The van der Waals surface area contributed by atoms with E-state index in [4.69, 9.17) is 5.73 Å². The summed E-state index contributed by atoms with van der Waals surface area (Å²) in [7, 11) is 0. The van der Waals surface area contributed by atoms with Gasteiger partial charge in [0.05, 0.1) is 11.6 Å². The Morgan fingerprint density at radius 2 is 1.86 bits per heavy atom. The average molecular weight is 199 g/mol. The van der Waals surface area contributed by atoms with Crippen LogP contribution in [0.2, 0.25) is 0 Å². The molecule has 0 bridgehead atoms. The minimum atomic E-state index is -1.51. The van der Waals surface area contributed by atoms with Crippen molar-refractivity contribution in [1.29, 1.82) is 0 Å². The molecule has 0 fully saturated rings. The van der Waals surface area contributed by atoms with E-state index >= 15 is 0 Å². The summed E-state index contributed by atoms with van der Waals surface area (Å²) in [4.78, 5) is 0. The van der Waals surface area contributed by atoms with Crippen LogP contribution in [-0.4, -0.2) is 6.04 Å². The molecule has 0 radical (unpaired) electrons. The summed E-state index contributed by atoms with van der Waals surface area (Å²) in [6, 6.07) is 1.45. The van der Waals surface area contributed by atoms with Gasteiger partial charge >= 0.3 is 0 Å². The second-order valence-corrected chi connectivity index (χ2v) is 2.78. The lowest BCUT2D eigenvalue weighted by atomic mass is 10.2. The van der Waals surface area contributed by atoms with E-state index in [0.717, 1.165) is 12.1 Å². The lowest BCUT2D eigenvalue weighted by Gasteiger charge is -1.97. The molecular weight excluding hydrogens is 191 g/mol. The molecule has 0 aliphatic heterocycles. The van der Waals surface area contributed by atoms with Crippen molar-refractivity contribution >= 4 is 0 Å². The number of hydrogen-bond donors (Lipinski definition) is 1. The largest absolute Gasteiger partial charge is 0.318 e. The molecule has 4 heteroatoms. The van der Waals surface area contributed by atoms with Crippen LogP contribution in [0.15, 0.2) is 12.1 Å². The minimum absolute atomic E-state index is 0.193. The van der Waals surface area contributed by atoms with Gasteiger partial charge in [0.2, 0.25) is 0 Å². The van der Waals surface area contributed by atoms with Crippen LogP contribution >= 0.6 is 0 Å². The van der Waals surface area contributed by atoms with Crippen molar-refractivity contribution in [2.75, 3.05) is 0 Å². The van der Waals surface area contributed by atoms with Gasteiger partial charge < -0.3 is 5.73 Å². The summed E-state index contributed by atoms with van der Waals surface area (Å²) in [5.41, 5.74) is 5.10. The third kappa shape index (κ3) is 2.27. The van der Waals surface area contributed by atoms with Gasteiger partial charge in [0, 0.05) is 0 Å². The number of nitrogens with two attached hydrogens (primary N) is 1. The molecule has 0 aliphatic carbocycles. The van der Waals surface area contributed by atoms with Crippen molar-refractivity contribution in [3.05, 3.63) is 35.1 Å². The number of halogens is 3. The highest BCUT2D eigenvalue weighted by atomic mass is 19.2. The molecule has 1 aromatic carbocycles. The van der Waals surface area contributed by atoms with Gasteiger partial charge in [0.25, 0.3) is 0 Å². The highest BCUT2D eigenvalue weighted by molar-refractivity contribution is 5.37. The van der Waals surface area contributed by atoms with Crippen molar-refractivity contribution in [2.45, 2.75) is 13.0 Å². The fraction of sp³-hybridized carbons (Fsp3) is 0.200. The first-order valence-electron chi connectivity index (χ1n) is 3.93. The third-order valence-electron chi connectivity index (χ3n) is 1.47. The summed E-state index contributed by atoms with van der Waals surface area (Å²) in [5.74, 6) is 0.752. The van der Waals surface area contributed by atoms with E-state index in [2.05, 4.69) is 11.8 Å². The molecule has 1 rings (SSSR count). The first-order chi connectivity index (χ1) is 6.52. The average Bonchev–Trinajstić information content (AvgIpc) is 2.13. The van der Waals surface area contributed by atoms with Crippen LogP contribution in [0.5, 0.6) is 0 Å². The van der Waals surface area contributed by atoms with Crippen LogP contribution in [0.3, 0.4) is 0 Å². The van der Waals surface area contributed by atoms with Gasteiger partial charge in [-0.05, 0) is 19.1 Å². The van der Waals surface area contributed by atoms with Crippen LogP contribution in [-0.2, 0) is 0 Å². The molecule has 0 aliphatic rings. The predicted octanol–water partition coefficient (Wildman–Crippen LogP) is 1.80. The maximum Gasteiger partial charge on any atom is 0.195 e. The zero-order valence-corrected chi connectivity index (χ0v) is 7.44. The van der Waals surface area contributed by atoms with Crippen molar-refractivity contribution in [2.24, 2.45) is 5.73 Å². The molecule has 0 saturated carbocycles. The Hall–Kier alpha value is -1.47. The van der Waals surface area contributed by atoms with Crippen LogP contribution < -0.4 is 5.73 Å². The third-order valence-corrected chi connectivity index (χ3v) is 1.47. The standard InChI is InChI=1S/C10H8F3N/c1-6(14)2-3-7-4-5-8(11)10(13)9(7)12/h4-6H,14H2,1H3. The SMILES string of the molecule is CC(N)C#Cc1ccc(F)c(F)c1F. The van der Waals surface area contributed by atoms with Crippen LogP contribution in [0, 0.1) is 29.3 Å². The first-order valence-corrected chi connectivity index (χ1v) is 3.93. The van der Waals surface area contributed by atoms with Gasteiger partial charge in [-0.25, -0.2) is 13.2 Å². The fourth-order valence-electron chi connectivity index (χ4n) is 0.814. The van der Waals surface area contributed by atoms with E-state index in [-0.39, 0.29) is 5.56 Å². The summed E-state index contributed by atoms with van der Waals surface area (Å²) < 4.78 is 38.1. The summed E-state index contributed by atoms with van der Waals surface area (Å²) in [6.07, 6.45) is 0. The Balaban J connectivity index is 3.14. The van der Waals surface area contributed by atoms with Crippen LogP contribution in [0.1, 0.15) is 12.5 Å². The molecular formula is C10H8F3N. The second-order valence-electron chi connectivity index (χ2n) is 2.78.